The number of carbonyl (C=O) groups excluding carboxylic acids is 1. The molecule has 0 spiro atoms. The van der Waals surface area contributed by atoms with Gasteiger partial charge in [-0.3, -0.25) is 4.79 Å². The lowest BCUT2D eigenvalue weighted by atomic mass is 10.1. The molecule has 1 aliphatic heterocycles. The molecule has 0 aliphatic carbocycles. The van der Waals surface area contributed by atoms with E-state index in [9.17, 15) is 4.79 Å². The Morgan fingerprint density at radius 3 is 2.69 bits per heavy atom. The van der Waals surface area contributed by atoms with Crippen LogP contribution in [0.2, 0.25) is 0 Å². The summed E-state index contributed by atoms with van der Waals surface area (Å²) in [5, 5.41) is 0. The number of hydrogen-bond acceptors (Lipinski definition) is 6. The summed E-state index contributed by atoms with van der Waals surface area (Å²) in [5.41, 5.74) is 4.16. The van der Waals surface area contributed by atoms with Gasteiger partial charge < -0.3 is 19.4 Å². The maximum absolute atomic E-state index is 10.5. The van der Waals surface area contributed by atoms with E-state index in [1.165, 1.54) is 5.56 Å². The molecule has 4 aromatic rings. The van der Waals surface area contributed by atoms with E-state index in [2.05, 4.69) is 52.1 Å². The lowest BCUT2D eigenvalue weighted by molar-refractivity contribution is -0.120. The molecule has 0 amide bonds. The number of aromatic amines is 1. The van der Waals surface area contributed by atoms with Crippen LogP contribution in [0.3, 0.4) is 0 Å². The first-order valence-corrected chi connectivity index (χ1v) is 10.7. The molecular weight excluding hydrogens is 404 g/mol. The quantitative estimate of drug-likeness (QED) is 0.455. The highest BCUT2D eigenvalue weighted by Crippen LogP contribution is 2.26. The Bertz CT molecular complexity index is 1230. The van der Waals surface area contributed by atoms with Gasteiger partial charge in [0.25, 0.3) is 6.47 Å². The fourth-order valence-electron chi connectivity index (χ4n) is 4.04. The van der Waals surface area contributed by atoms with Crippen molar-refractivity contribution in [3.05, 3.63) is 66.4 Å². The number of benzene rings is 2. The van der Waals surface area contributed by atoms with Crippen molar-refractivity contribution in [2.45, 2.75) is 25.9 Å². The molecule has 0 unspecified atom stereocenters. The van der Waals surface area contributed by atoms with Crippen LogP contribution in [0.25, 0.3) is 22.4 Å². The van der Waals surface area contributed by atoms with E-state index in [0.29, 0.717) is 18.0 Å². The molecule has 3 heterocycles. The lowest BCUT2D eigenvalue weighted by Gasteiger charge is -2.33. The number of rotatable bonds is 6. The number of hydrogen-bond donors (Lipinski definition) is 1. The first-order valence-electron chi connectivity index (χ1n) is 10.7. The Morgan fingerprint density at radius 2 is 1.91 bits per heavy atom. The van der Waals surface area contributed by atoms with Crippen LogP contribution in [0.4, 0.5) is 5.82 Å². The molecule has 0 saturated carbocycles. The Balaban J connectivity index is 1.21. The Morgan fingerprint density at radius 1 is 1.06 bits per heavy atom. The third-order valence-corrected chi connectivity index (χ3v) is 5.72. The van der Waals surface area contributed by atoms with Gasteiger partial charge in [0, 0.05) is 43.8 Å². The minimum absolute atomic E-state index is 0.121. The number of anilines is 1. The molecular formula is C25H24N4O3. The third-order valence-electron chi connectivity index (χ3n) is 5.72. The molecule has 1 N–H and O–H groups in total. The molecule has 1 aliphatic rings. The molecule has 0 radical (unpaired) electrons. The van der Waals surface area contributed by atoms with Crippen molar-refractivity contribution in [3.8, 4) is 22.9 Å². The predicted molar refractivity (Wildman–Crippen MR) is 123 cm³/mol. The topological polar surface area (TPSA) is 80.3 Å². The molecule has 0 atom stereocenters. The van der Waals surface area contributed by atoms with Crippen LogP contribution in [-0.2, 0) is 4.79 Å². The van der Waals surface area contributed by atoms with Gasteiger partial charge >= 0.3 is 0 Å². The molecule has 1 fully saturated rings. The normalized spacial score (nSPS) is 14.5. The van der Waals surface area contributed by atoms with Gasteiger partial charge in [-0.2, -0.15) is 0 Å². The Kier molecular flexibility index (Phi) is 5.46. The molecule has 2 aromatic heterocycles. The average Bonchev–Trinajstić information content (AvgIpc) is 3.23. The smallest absolute Gasteiger partial charge is 0.298 e. The van der Waals surface area contributed by atoms with E-state index < -0.39 is 0 Å². The van der Waals surface area contributed by atoms with E-state index in [0.717, 1.165) is 54.2 Å². The Labute approximate surface area is 186 Å². The molecule has 32 heavy (non-hydrogen) atoms. The van der Waals surface area contributed by atoms with Gasteiger partial charge in [0.05, 0.1) is 11.0 Å². The zero-order valence-corrected chi connectivity index (χ0v) is 17.8. The van der Waals surface area contributed by atoms with Crippen molar-refractivity contribution < 1.29 is 14.3 Å². The van der Waals surface area contributed by atoms with Crippen LogP contribution in [0.1, 0.15) is 18.4 Å². The zero-order valence-electron chi connectivity index (χ0n) is 17.8. The van der Waals surface area contributed by atoms with Crippen LogP contribution >= 0.6 is 0 Å². The predicted octanol–water partition coefficient (Wildman–Crippen LogP) is 4.52. The highest BCUT2D eigenvalue weighted by Gasteiger charge is 2.22. The molecule has 2 aromatic carbocycles. The molecule has 162 valence electrons. The van der Waals surface area contributed by atoms with Crippen molar-refractivity contribution >= 4 is 23.3 Å². The van der Waals surface area contributed by atoms with Gasteiger partial charge in [0.15, 0.2) is 0 Å². The summed E-state index contributed by atoms with van der Waals surface area (Å²) in [6.45, 7) is 4.22. The van der Waals surface area contributed by atoms with Gasteiger partial charge in [-0.1, -0.05) is 12.1 Å². The van der Waals surface area contributed by atoms with Crippen molar-refractivity contribution in [3.63, 3.8) is 0 Å². The molecule has 5 rings (SSSR count). The second-order valence-electron chi connectivity index (χ2n) is 8.00. The summed E-state index contributed by atoms with van der Waals surface area (Å²) in [5.74, 6) is 2.99. The number of imidazole rings is 1. The number of carbonyl (C=O) groups is 1. The van der Waals surface area contributed by atoms with Crippen LogP contribution in [0.15, 0.2) is 60.8 Å². The number of piperidine rings is 1. The van der Waals surface area contributed by atoms with E-state index in [4.69, 9.17) is 14.5 Å². The first-order chi connectivity index (χ1) is 15.7. The van der Waals surface area contributed by atoms with Crippen molar-refractivity contribution in [2.24, 2.45) is 0 Å². The van der Waals surface area contributed by atoms with Gasteiger partial charge in [0.2, 0.25) is 0 Å². The Hall–Kier alpha value is -3.87. The van der Waals surface area contributed by atoms with Crippen LogP contribution in [0, 0.1) is 6.92 Å². The fraction of sp³-hybridized carbons (Fsp3) is 0.240. The summed E-state index contributed by atoms with van der Waals surface area (Å²) in [6, 6.07) is 17.5. The molecule has 1 saturated heterocycles. The van der Waals surface area contributed by atoms with Gasteiger partial charge in [-0.15, -0.1) is 0 Å². The molecule has 7 nitrogen and oxygen atoms in total. The minimum atomic E-state index is 0.121. The third kappa shape index (κ3) is 4.27. The van der Waals surface area contributed by atoms with E-state index in [-0.39, 0.29) is 6.10 Å². The second-order valence-corrected chi connectivity index (χ2v) is 8.00. The number of H-pyrrole nitrogens is 1. The number of ether oxygens (including phenoxy) is 2. The van der Waals surface area contributed by atoms with Crippen molar-refractivity contribution in [2.75, 3.05) is 18.0 Å². The average molecular weight is 428 g/mol. The second kappa shape index (κ2) is 8.70. The summed E-state index contributed by atoms with van der Waals surface area (Å²) >= 11 is 0. The summed E-state index contributed by atoms with van der Waals surface area (Å²) in [6.07, 6.45) is 3.79. The van der Waals surface area contributed by atoms with E-state index in [1.807, 2.05) is 18.3 Å². The number of fused-ring (bicyclic) bond motifs is 1. The largest absolute Gasteiger partial charge is 0.490 e. The first kappa shape index (κ1) is 20.1. The maximum atomic E-state index is 10.5. The summed E-state index contributed by atoms with van der Waals surface area (Å²) in [7, 11) is 0. The van der Waals surface area contributed by atoms with Crippen LogP contribution in [0.5, 0.6) is 11.5 Å². The van der Waals surface area contributed by atoms with Crippen molar-refractivity contribution in [1.82, 2.24) is 15.0 Å². The summed E-state index contributed by atoms with van der Waals surface area (Å²) < 4.78 is 11.0. The lowest BCUT2D eigenvalue weighted by Crippen LogP contribution is -2.38. The minimum Gasteiger partial charge on any atom is -0.490 e. The maximum Gasteiger partial charge on any atom is 0.298 e. The van der Waals surface area contributed by atoms with Gasteiger partial charge in [-0.25, -0.2) is 9.97 Å². The van der Waals surface area contributed by atoms with Crippen LogP contribution < -0.4 is 14.4 Å². The molecule has 0 bridgehead atoms. The fourth-order valence-corrected chi connectivity index (χ4v) is 4.04. The highest BCUT2D eigenvalue weighted by molar-refractivity contribution is 5.80. The van der Waals surface area contributed by atoms with E-state index in [1.54, 1.807) is 12.1 Å². The zero-order chi connectivity index (χ0) is 21.9. The number of nitrogens with zero attached hydrogens (tertiary/aromatic N) is 3. The van der Waals surface area contributed by atoms with E-state index >= 15 is 0 Å². The monoisotopic (exact) mass is 428 g/mol. The number of aryl methyl sites for hydroxylation is 1. The van der Waals surface area contributed by atoms with Crippen LogP contribution in [-0.4, -0.2) is 40.6 Å². The van der Waals surface area contributed by atoms with Gasteiger partial charge in [-0.05, 0) is 48.9 Å². The SMILES string of the molecule is Cc1ccc2[nH]c(-c3ccc(N4CCC(Oc5cccc(OC=O)c5)CC4)nc3)nc2c1. The standard InChI is InChI=1S/C25H24N4O3/c1-17-5-7-22-23(13-17)28-25(27-22)18-6-8-24(26-15-18)29-11-9-19(10-12-29)32-21-4-2-3-20(14-21)31-16-30/h2-8,13-16,19H,9-12H2,1H3,(H,27,28). The summed E-state index contributed by atoms with van der Waals surface area (Å²) in [4.78, 5) is 25.5. The van der Waals surface area contributed by atoms with Crippen molar-refractivity contribution in [1.29, 1.82) is 0 Å². The highest BCUT2D eigenvalue weighted by atomic mass is 16.5. The molecule has 7 heteroatoms. The number of pyridine rings is 1. The number of nitrogens with one attached hydrogen (secondary N) is 1. The number of aromatic nitrogens is 3. The van der Waals surface area contributed by atoms with Gasteiger partial charge in [0.1, 0.15) is 29.2 Å².